The van der Waals surface area contributed by atoms with Crippen LogP contribution in [0.15, 0.2) is 24.3 Å². The van der Waals surface area contributed by atoms with Gasteiger partial charge in [0.25, 0.3) is 0 Å². The maximum Gasteiger partial charge on any atom is 0.0842 e. The van der Waals surface area contributed by atoms with Gasteiger partial charge >= 0.3 is 0 Å². The van der Waals surface area contributed by atoms with E-state index in [2.05, 4.69) is 45.0 Å². The number of ether oxygens (including phenoxy) is 1. The Morgan fingerprint density at radius 2 is 2.00 bits per heavy atom. The Bertz CT molecular complexity index is 388. The maximum absolute atomic E-state index is 6.33. The van der Waals surface area contributed by atoms with Crippen LogP contribution in [-0.4, -0.2) is 12.6 Å². The lowest BCUT2D eigenvalue weighted by atomic mass is 9.85. The number of fused-ring (bicyclic) bond motifs is 1. The summed E-state index contributed by atoms with van der Waals surface area (Å²) in [4.78, 5) is 0. The van der Waals surface area contributed by atoms with Crippen LogP contribution in [-0.2, 0) is 11.2 Å². The Kier molecular flexibility index (Phi) is 4.41. The van der Waals surface area contributed by atoms with E-state index < -0.39 is 0 Å². The molecule has 3 unspecified atom stereocenters. The molecule has 0 amide bonds. The van der Waals surface area contributed by atoms with Gasteiger partial charge in [0.2, 0.25) is 0 Å². The highest BCUT2D eigenvalue weighted by atomic mass is 16.5. The molecule has 0 saturated carbocycles. The number of nitrogens with two attached hydrogens (primary N) is 1. The Labute approximate surface area is 111 Å². The fourth-order valence-corrected chi connectivity index (χ4v) is 2.63. The fourth-order valence-electron chi connectivity index (χ4n) is 2.63. The first-order valence-electron chi connectivity index (χ1n) is 7.04. The van der Waals surface area contributed by atoms with E-state index in [4.69, 9.17) is 10.5 Å². The van der Waals surface area contributed by atoms with Crippen molar-refractivity contribution in [2.75, 3.05) is 6.61 Å². The summed E-state index contributed by atoms with van der Waals surface area (Å²) in [7, 11) is 0. The normalized spacial score (nSPS) is 22.6. The van der Waals surface area contributed by atoms with Gasteiger partial charge in [-0.2, -0.15) is 0 Å². The lowest BCUT2D eigenvalue weighted by Gasteiger charge is -2.31. The van der Waals surface area contributed by atoms with Crippen LogP contribution in [0.1, 0.15) is 44.4 Å². The van der Waals surface area contributed by atoms with Gasteiger partial charge in [0.05, 0.1) is 12.7 Å². The molecule has 1 aromatic carbocycles. The third-order valence-electron chi connectivity index (χ3n) is 4.31. The van der Waals surface area contributed by atoms with Crippen molar-refractivity contribution in [3.8, 4) is 0 Å². The number of benzene rings is 1. The third kappa shape index (κ3) is 2.93. The van der Waals surface area contributed by atoms with E-state index in [-0.39, 0.29) is 12.1 Å². The van der Waals surface area contributed by atoms with Crippen LogP contribution in [0, 0.1) is 11.8 Å². The molecule has 2 heteroatoms. The van der Waals surface area contributed by atoms with E-state index in [1.54, 1.807) is 0 Å². The van der Waals surface area contributed by atoms with Crippen molar-refractivity contribution in [2.45, 2.75) is 45.8 Å². The molecular weight excluding hydrogens is 222 g/mol. The first kappa shape index (κ1) is 13.6. The van der Waals surface area contributed by atoms with Crippen LogP contribution >= 0.6 is 0 Å². The zero-order chi connectivity index (χ0) is 13.1. The van der Waals surface area contributed by atoms with E-state index in [9.17, 15) is 0 Å². The smallest absolute Gasteiger partial charge is 0.0842 e. The Morgan fingerprint density at radius 3 is 2.72 bits per heavy atom. The molecule has 1 aliphatic heterocycles. The fraction of sp³-hybridized carbons (Fsp3) is 0.625. The first-order valence-corrected chi connectivity index (χ1v) is 7.04. The summed E-state index contributed by atoms with van der Waals surface area (Å²) in [6, 6.07) is 8.81. The van der Waals surface area contributed by atoms with Crippen molar-refractivity contribution < 1.29 is 4.74 Å². The Balaban J connectivity index is 2.07. The summed E-state index contributed by atoms with van der Waals surface area (Å²) in [6.45, 7) is 7.54. The summed E-state index contributed by atoms with van der Waals surface area (Å²) in [5, 5.41) is 0. The highest BCUT2D eigenvalue weighted by Gasteiger charge is 2.25. The average Bonchev–Trinajstić information content (AvgIpc) is 2.38. The van der Waals surface area contributed by atoms with E-state index in [0.29, 0.717) is 11.8 Å². The zero-order valence-corrected chi connectivity index (χ0v) is 11.7. The molecule has 0 radical (unpaired) electrons. The summed E-state index contributed by atoms with van der Waals surface area (Å²) in [6.07, 6.45) is 2.14. The second kappa shape index (κ2) is 5.85. The van der Waals surface area contributed by atoms with E-state index >= 15 is 0 Å². The molecule has 0 fully saturated rings. The van der Waals surface area contributed by atoms with Gasteiger partial charge in [-0.15, -0.1) is 0 Å². The topological polar surface area (TPSA) is 35.2 Å². The average molecular weight is 247 g/mol. The summed E-state index contributed by atoms with van der Waals surface area (Å²) in [5.74, 6) is 1.15. The molecule has 1 heterocycles. The molecule has 100 valence electrons. The summed E-state index contributed by atoms with van der Waals surface area (Å²) < 4.78 is 5.92. The molecule has 1 aromatic rings. The molecule has 2 rings (SSSR count). The lowest BCUT2D eigenvalue weighted by molar-refractivity contribution is 0.0268. The van der Waals surface area contributed by atoms with Gasteiger partial charge in [-0.3, -0.25) is 0 Å². The molecule has 0 aromatic heterocycles. The van der Waals surface area contributed by atoms with Crippen LogP contribution in [0.25, 0.3) is 0 Å². The van der Waals surface area contributed by atoms with E-state index in [1.165, 1.54) is 11.1 Å². The predicted octanol–water partition coefficient (Wildman–Crippen LogP) is 3.31. The van der Waals surface area contributed by atoms with Crippen LogP contribution in [0.3, 0.4) is 0 Å². The minimum atomic E-state index is 0.186. The van der Waals surface area contributed by atoms with Gasteiger partial charge in [-0.05, 0) is 35.8 Å². The van der Waals surface area contributed by atoms with Crippen molar-refractivity contribution >= 4 is 0 Å². The summed E-state index contributed by atoms with van der Waals surface area (Å²) in [5.41, 5.74) is 9.10. The number of hydrogen-bond donors (Lipinski definition) is 1. The first-order chi connectivity index (χ1) is 8.59. The molecule has 0 spiro atoms. The third-order valence-corrected chi connectivity index (χ3v) is 4.31. The van der Waals surface area contributed by atoms with Gasteiger partial charge in [-0.1, -0.05) is 45.0 Å². The number of hydrogen-bond acceptors (Lipinski definition) is 2. The standard InChI is InChI=1S/C16H25NO/c1-11(2)12(3)15(17)10-16-14-7-5-4-6-13(14)8-9-18-16/h4-7,11-12,15-16H,8-10,17H2,1-3H3. The van der Waals surface area contributed by atoms with E-state index in [1.807, 2.05) is 0 Å². The highest BCUT2D eigenvalue weighted by Crippen LogP contribution is 2.32. The minimum Gasteiger partial charge on any atom is -0.373 e. The molecule has 2 nitrogen and oxygen atoms in total. The number of rotatable bonds is 4. The van der Waals surface area contributed by atoms with Crippen LogP contribution in [0.2, 0.25) is 0 Å². The van der Waals surface area contributed by atoms with Crippen molar-refractivity contribution in [3.05, 3.63) is 35.4 Å². The van der Waals surface area contributed by atoms with Crippen molar-refractivity contribution in [1.82, 2.24) is 0 Å². The van der Waals surface area contributed by atoms with E-state index in [0.717, 1.165) is 19.4 Å². The largest absolute Gasteiger partial charge is 0.373 e. The monoisotopic (exact) mass is 247 g/mol. The second-order valence-electron chi connectivity index (χ2n) is 5.81. The Hall–Kier alpha value is -0.860. The van der Waals surface area contributed by atoms with Crippen molar-refractivity contribution in [1.29, 1.82) is 0 Å². The zero-order valence-electron chi connectivity index (χ0n) is 11.7. The second-order valence-corrected chi connectivity index (χ2v) is 5.81. The molecule has 2 N–H and O–H groups in total. The molecule has 0 bridgehead atoms. The maximum atomic E-state index is 6.33. The van der Waals surface area contributed by atoms with Crippen LogP contribution < -0.4 is 5.73 Å². The van der Waals surface area contributed by atoms with Gasteiger partial charge in [-0.25, -0.2) is 0 Å². The van der Waals surface area contributed by atoms with Crippen LogP contribution in [0.4, 0.5) is 0 Å². The molecular formula is C16H25NO. The Morgan fingerprint density at radius 1 is 1.28 bits per heavy atom. The molecule has 0 saturated heterocycles. The molecule has 1 aliphatic rings. The van der Waals surface area contributed by atoms with Crippen molar-refractivity contribution in [2.24, 2.45) is 17.6 Å². The molecule has 0 aliphatic carbocycles. The quantitative estimate of drug-likeness (QED) is 0.886. The highest BCUT2D eigenvalue weighted by molar-refractivity contribution is 5.31. The van der Waals surface area contributed by atoms with Gasteiger partial charge in [0.1, 0.15) is 0 Å². The van der Waals surface area contributed by atoms with Gasteiger partial charge in [0.15, 0.2) is 0 Å². The minimum absolute atomic E-state index is 0.186. The summed E-state index contributed by atoms with van der Waals surface area (Å²) >= 11 is 0. The lowest BCUT2D eigenvalue weighted by Crippen LogP contribution is -2.34. The van der Waals surface area contributed by atoms with Gasteiger partial charge < -0.3 is 10.5 Å². The van der Waals surface area contributed by atoms with Crippen LogP contribution in [0.5, 0.6) is 0 Å². The SMILES string of the molecule is CC(C)C(C)C(N)CC1OCCc2ccccc21. The molecule has 18 heavy (non-hydrogen) atoms. The van der Waals surface area contributed by atoms with Crippen molar-refractivity contribution in [3.63, 3.8) is 0 Å². The molecule has 3 atom stereocenters. The van der Waals surface area contributed by atoms with Gasteiger partial charge in [0, 0.05) is 6.04 Å². The predicted molar refractivity (Wildman–Crippen MR) is 75.4 cm³/mol.